The van der Waals surface area contributed by atoms with Crippen molar-refractivity contribution in [2.24, 2.45) is 0 Å². The topological polar surface area (TPSA) is 36.4 Å². The molecule has 0 spiro atoms. The molecule has 1 aliphatic heterocycles. The highest BCUT2D eigenvalue weighted by atomic mass is 16.2. The van der Waals surface area contributed by atoms with Gasteiger partial charge in [-0.3, -0.25) is 14.7 Å². The summed E-state index contributed by atoms with van der Waals surface area (Å²) < 4.78 is 0. The van der Waals surface area contributed by atoms with Crippen LogP contribution < -0.4 is 0 Å². The number of rotatable bonds is 3. The molecule has 0 bridgehead atoms. The van der Waals surface area contributed by atoms with Gasteiger partial charge in [-0.1, -0.05) is 0 Å². The lowest BCUT2D eigenvalue weighted by Crippen LogP contribution is -2.27. The average molecular weight is 247 g/mol. The van der Waals surface area contributed by atoms with E-state index in [1.807, 2.05) is 19.1 Å². The first-order chi connectivity index (χ1) is 8.63. The third-order valence-corrected chi connectivity index (χ3v) is 3.73. The van der Waals surface area contributed by atoms with Crippen molar-refractivity contribution < 1.29 is 4.79 Å². The lowest BCUT2D eigenvalue weighted by molar-refractivity contribution is 0.0796. The second-order valence-corrected chi connectivity index (χ2v) is 4.93. The van der Waals surface area contributed by atoms with E-state index in [1.54, 1.807) is 18.1 Å². The second kappa shape index (κ2) is 5.48. The molecule has 4 heteroatoms. The van der Waals surface area contributed by atoms with Crippen LogP contribution in [0.4, 0.5) is 0 Å². The van der Waals surface area contributed by atoms with E-state index in [0.717, 1.165) is 13.0 Å². The van der Waals surface area contributed by atoms with Crippen LogP contribution in [-0.4, -0.2) is 47.9 Å². The summed E-state index contributed by atoms with van der Waals surface area (Å²) in [6.45, 7) is 3.80. The fourth-order valence-electron chi connectivity index (χ4n) is 2.44. The third kappa shape index (κ3) is 2.53. The number of amides is 1. The van der Waals surface area contributed by atoms with Gasteiger partial charge in [0.25, 0.3) is 5.91 Å². The molecule has 0 aromatic carbocycles. The Labute approximate surface area is 109 Å². The molecular weight excluding hydrogens is 226 g/mol. The summed E-state index contributed by atoms with van der Waals surface area (Å²) >= 11 is 0. The summed E-state index contributed by atoms with van der Waals surface area (Å²) in [5, 5.41) is 0. The molecule has 0 unspecified atom stereocenters. The fraction of sp³-hybridized carbons (Fsp3) is 0.571. The van der Waals surface area contributed by atoms with Gasteiger partial charge in [-0.2, -0.15) is 0 Å². The fourth-order valence-corrected chi connectivity index (χ4v) is 2.44. The van der Waals surface area contributed by atoms with Crippen LogP contribution in [0, 0.1) is 0 Å². The molecule has 1 saturated heterocycles. The summed E-state index contributed by atoms with van der Waals surface area (Å²) in [7, 11) is 3.94. The molecule has 0 N–H and O–H groups in total. The van der Waals surface area contributed by atoms with Crippen LogP contribution in [0.5, 0.6) is 0 Å². The van der Waals surface area contributed by atoms with Crippen molar-refractivity contribution in [2.75, 3.05) is 27.2 Å². The molecule has 18 heavy (non-hydrogen) atoms. The molecule has 0 radical (unpaired) electrons. The zero-order chi connectivity index (χ0) is 13.1. The first-order valence-electron chi connectivity index (χ1n) is 6.55. The Balaban J connectivity index is 2.22. The Hall–Kier alpha value is -1.42. The van der Waals surface area contributed by atoms with Crippen molar-refractivity contribution in [1.82, 2.24) is 14.8 Å². The molecule has 2 rings (SSSR count). The second-order valence-electron chi connectivity index (χ2n) is 4.93. The summed E-state index contributed by atoms with van der Waals surface area (Å²) in [4.78, 5) is 20.3. The largest absolute Gasteiger partial charge is 0.341 e. The Morgan fingerprint density at radius 3 is 3.00 bits per heavy atom. The summed E-state index contributed by atoms with van der Waals surface area (Å²) in [5.41, 5.74) is 1.76. The van der Waals surface area contributed by atoms with E-state index in [4.69, 9.17) is 0 Å². The van der Waals surface area contributed by atoms with Gasteiger partial charge in [0.2, 0.25) is 0 Å². The van der Waals surface area contributed by atoms with Gasteiger partial charge in [0.05, 0.1) is 0 Å². The smallest absolute Gasteiger partial charge is 0.272 e. The van der Waals surface area contributed by atoms with Gasteiger partial charge in [0, 0.05) is 25.8 Å². The summed E-state index contributed by atoms with van der Waals surface area (Å²) in [6.07, 6.45) is 4.14. The van der Waals surface area contributed by atoms with E-state index < -0.39 is 0 Å². The molecular formula is C14H21N3O. The van der Waals surface area contributed by atoms with Gasteiger partial charge >= 0.3 is 0 Å². The van der Waals surface area contributed by atoms with Crippen LogP contribution in [-0.2, 0) is 0 Å². The van der Waals surface area contributed by atoms with Crippen LogP contribution in [0.3, 0.4) is 0 Å². The molecule has 1 atom stereocenters. The number of pyridine rings is 1. The average Bonchev–Trinajstić information content (AvgIpc) is 2.83. The maximum Gasteiger partial charge on any atom is 0.272 e. The minimum atomic E-state index is 0. The minimum Gasteiger partial charge on any atom is -0.341 e. The Kier molecular flexibility index (Phi) is 3.97. The molecule has 0 saturated carbocycles. The number of carbonyl (C=O) groups excluding carboxylic acids is 1. The highest BCUT2D eigenvalue weighted by Crippen LogP contribution is 2.30. The van der Waals surface area contributed by atoms with Gasteiger partial charge in [0.1, 0.15) is 5.69 Å². The van der Waals surface area contributed by atoms with Crippen LogP contribution in [0.25, 0.3) is 0 Å². The normalized spacial score (nSPS) is 20.1. The number of carbonyl (C=O) groups is 1. The number of hydrogen-bond acceptors (Lipinski definition) is 3. The van der Waals surface area contributed by atoms with E-state index in [2.05, 4.69) is 16.9 Å². The Bertz CT molecular complexity index is 433. The van der Waals surface area contributed by atoms with E-state index >= 15 is 0 Å². The highest BCUT2D eigenvalue weighted by Gasteiger charge is 2.23. The van der Waals surface area contributed by atoms with Crippen LogP contribution in [0.15, 0.2) is 18.3 Å². The molecule has 4 nitrogen and oxygen atoms in total. The maximum atomic E-state index is 12.1. The Morgan fingerprint density at radius 1 is 1.61 bits per heavy atom. The highest BCUT2D eigenvalue weighted by molar-refractivity contribution is 5.92. The first-order valence-corrected chi connectivity index (χ1v) is 6.55. The molecule has 0 aliphatic carbocycles. The van der Waals surface area contributed by atoms with Gasteiger partial charge < -0.3 is 4.90 Å². The molecule has 1 fully saturated rings. The van der Waals surface area contributed by atoms with Crippen LogP contribution >= 0.6 is 0 Å². The molecule has 1 aromatic heterocycles. The monoisotopic (exact) mass is 247 g/mol. The summed E-state index contributed by atoms with van der Waals surface area (Å²) in [6, 6.07) is 4.41. The lowest BCUT2D eigenvalue weighted by atomic mass is 10.0. The van der Waals surface area contributed by atoms with Gasteiger partial charge in [-0.05, 0) is 51.1 Å². The SMILES string of the molecule is CCN(C)C(=O)c1cc([C@@H]2CCCN2C)ccn1. The van der Waals surface area contributed by atoms with Gasteiger partial charge in [-0.25, -0.2) is 0 Å². The zero-order valence-corrected chi connectivity index (χ0v) is 11.4. The quantitative estimate of drug-likeness (QED) is 0.819. The van der Waals surface area contributed by atoms with Crippen LogP contribution in [0.2, 0.25) is 0 Å². The minimum absolute atomic E-state index is 0. The standard InChI is InChI=1S/C14H21N3O/c1-4-16(2)14(18)12-10-11(7-8-15-12)13-6-5-9-17(13)3/h7-8,10,13H,4-6,9H2,1-3H3/t13-/m0/s1. The summed E-state index contributed by atoms with van der Waals surface area (Å²) in [5.74, 6) is 0. The third-order valence-electron chi connectivity index (χ3n) is 3.73. The molecule has 1 amide bonds. The van der Waals surface area contributed by atoms with Gasteiger partial charge in [-0.15, -0.1) is 0 Å². The zero-order valence-electron chi connectivity index (χ0n) is 11.4. The number of likely N-dealkylation sites (tertiary alicyclic amines) is 1. The predicted molar refractivity (Wildman–Crippen MR) is 71.5 cm³/mol. The van der Waals surface area contributed by atoms with Crippen molar-refractivity contribution in [3.8, 4) is 0 Å². The van der Waals surface area contributed by atoms with Crippen molar-refractivity contribution in [2.45, 2.75) is 25.8 Å². The van der Waals surface area contributed by atoms with Crippen LogP contribution in [0.1, 0.15) is 41.9 Å². The van der Waals surface area contributed by atoms with Crippen molar-refractivity contribution >= 4 is 5.91 Å². The van der Waals surface area contributed by atoms with Crippen molar-refractivity contribution in [1.29, 1.82) is 0 Å². The number of nitrogens with zero attached hydrogens (tertiary/aromatic N) is 3. The van der Waals surface area contributed by atoms with Crippen molar-refractivity contribution in [3.63, 3.8) is 0 Å². The number of aromatic nitrogens is 1. The molecule has 98 valence electrons. The number of hydrogen-bond donors (Lipinski definition) is 0. The Morgan fingerprint density at radius 2 is 2.39 bits per heavy atom. The molecule has 1 aromatic rings. The van der Waals surface area contributed by atoms with E-state index in [-0.39, 0.29) is 5.91 Å². The maximum absolute atomic E-state index is 12.1. The predicted octanol–water partition coefficient (Wildman–Crippen LogP) is 1.94. The lowest BCUT2D eigenvalue weighted by Gasteiger charge is -2.20. The van der Waals surface area contributed by atoms with E-state index in [1.165, 1.54) is 12.0 Å². The molecule has 1 aliphatic rings. The van der Waals surface area contributed by atoms with E-state index in [9.17, 15) is 4.79 Å². The first kappa shape index (κ1) is 13.0. The van der Waals surface area contributed by atoms with E-state index in [0.29, 0.717) is 18.3 Å². The van der Waals surface area contributed by atoms with Gasteiger partial charge in [0.15, 0.2) is 0 Å². The van der Waals surface area contributed by atoms with Crippen molar-refractivity contribution in [3.05, 3.63) is 29.6 Å². The molecule has 2 heterocycles.